The van der Waals surface area contributed by atoms with Crippen LogP contribution in [0.15, 0.2) is 72.8 Å². The van der Waals surface area contributed by atoms with Crippen molar-refractivity contribution in [3.05, 3.63) is 95.3 Å². The van der Waals surface area contributed by atoms with Gasteiger partial charge in [0, 0.05) is 61.8 Å². The molecule has 0 unspecified atom stereocenters. The van der Waals surface area contributed by atoms with Crippen molar-refractivity contribution in [2.24, 2.45) is 0 Å². The Kier molecular flexibility index (Phi) is 8.73. The molecule has 4 rings (SSSR count). The van der Waals surface area contributed by atoms with E-state index in [0.29, 0.717) is 68.1 Å². The van der Waals surface area contributed by atoms with Crippen molar-refractivity contribution in [3.8, 4) is 0 Å². The molecule has 7 nitrogen and oxygen atoms in total. The number of nitrogens with zero attached hydrogens (tertiary/aromatic N) is 3. The van der Waals surface area contributed by atoms with E-state index in [0.717, 1.165) is 5.69 Å². The Morgan fingerprint density at radius 2 is 1.58 bits per heavy atom. The van der Waals surface area contributed by atoms with Gasteiger partial charge in [-0.3, -0.25) is 14.4 Å². The number of carbonyl (C=O) groups is 3. The molecule has 1 N–H and O–H groups in total. The van der Waals surface area contributed by atoms with Crippen LogP contribution in [0, 0.1) is 5.82 Å². The van der Waals surface area contributed by atoms with Crippen LogP contribution >= 0.6 is 0 Å². The molecule has 8 heteroatoms. The molecule has 1 fully saturated rings. The molecule has 1 aliphatic rings. The minimum Gasteiger partial charge on any atom is -0.369 e. The van der Waals surface area contributed by atoms with Crippen LogP contribution in [-0.2, 0) is 0 Å². The van der Waals surface area contributed by atoms with Gasteiger partial charge in [-0.2, -0.15) is 0 Å². The Balaban J connectivity index is 1.58. The van der Waals surface area contributed by atoms with E-state index < -0.39 is 5.82 Å². The third-order valence-corrected chi connectivity index (χ3v) is 6.77. The summed E-state index contributed by atoms with van der Waals surface area (Å²) in [5, 5.41) is 2.90. The predicted octanol–water partition coefficient (Wildman–Crippen LogP) is 4.91. The summed E-state index contributed by atoms with van der Waals surface area (Å²) in [5.74, 6) is -1.00. The second-order valence-electron chi connectivity index (χ2n) is 9.17. The zero-order chi connectivity index (χ0) is 27.1. The van der Waals surface area contributed by atoms with Crippen LogP contribution in [-0.4, -0.2) is 66.8 Å². The van der Waals surface area contributed by atoms with Crippen LogP contribution in [0.3, 0.4) is 0 Å². The van der Waals surface area contributed by atoms with E-state index in [4.69, 9.17) is 0 Å². The van der Waals surface area contributed by atoms with Gasteiger partial charge in [0.2, 0.25) is 0 Å². The van der Waals surface area contributed by atoms with E-state index in [9.17, 15) is 18.8 Å². The van der Waals surface area contributed by atoms with Crippen molar-refractivity contribution in [2.45, 2.75) is 20.3 Å². The second-order valence-corrected chi connectivity index (χ2v) is 9.17. The normalized spacial score (nSPS) is 13.6. The molecular weight excluding hydrogens is 483 g/mol. The Bertz CT molecular complexity index is 1290. The lowest BCUT2D eigenvalue weighted by molar-refractivity contribution is 0.0760. The summed E-state index contributed by atoms with van der Waals surface area (Å²) < 4.78 is 13.7. The monoisotopic (exact) mass is 516 g/mol. The van der Waals surface area contributed by atoms with Gasteiger partial charge in [0.1, 0.15) is 5.82 Å². The fourth-order valence-electron chi connectivity index (χ4n) is 4.70. The largest absolute Gasteiger partial charge is 0.369 e. The highest BCUT2D eigenvalue weighted by Gasteiger charge is 2.25. The maximum atomic E-state index is 13.7. The fourth-order valence-corrected chi connectivity index (χ4v) is 4.70. The average Bonchev–Trinajstić information content (AvgIpc) is 3.20. The van der Waals surface area contributed by atoms with Crippen molar-refractivity contribution in [1.29, 1.82) is 0 Å². The smallest absolute Gasteiger partial charge is 0.256 e. The molecule has 0 saturated carbocycles. The number of hydrogen-bond donors (Lipinski definition) is 1. The molecule has 3 aromatic rings. The number of amides is 3. The summed E-state index contributed by atoms with van der Waals surface area (Å²) in [6, 6.07) is 20.1. The molecule has 1 heterocycles. The van der Waals surface area contributed by atoms with Crippen LogP contribution in [0.2, 0.25) is 0 Å². The first-order valence-corrected chi connectivity index (χ1v) is 13.0. The van der Waals surface area contributed by atoms with Gasteiger partial charge >= 0.3 is 0 Å². The molecule has 0 spiro atoms. The highest BCUT2D eigenvalue weighted by molar-refractivity contribution is 6.06. The Labute approximate surface area is 222 Å². The van der Waals surface area contributed by atoms with Gasteiger partial charge in [0.15, 0.2) is 0 Å². The maximum Gasteiger partial charge on any atom is 0.256 e. The number of benzene rings is 3. The summed E-state index contributed by atoms with van der Waals surface area (Å²) in [5.41, 5.74) is 2.66. The topological polar surface area (TPSA) is 73.0 Å². The summed E-state index contributed by atoms with van der Waals surface area (Å²) in [6.45, 7) is 7.15. The number of carbonyl (C=O) groups excluding carboxylic acids is 3. The molecule has 198 valence electrons. The first-order valence-electron chi connectivity index (χ1n) is 13.0. The lowest BCUT2D eigenvalue weighted by Crippen LogP contribution is -2.36. The van der Waals surface area contributed by atoms with E-state index in [2.05, 4.69) is 10.2 Å². The Morgan fingerprint density at radius 3 is 2.29 bits per heavy atom. The third-order valence-electron chi connectivity index (χ3n) is 6.77. The zero-order valence-corrected chi connectivity index (χ0v) is 21.8. The third kappa shape index (κ3) is 6.19. The molecule has 3 aromatic carbocycles. The van der Waals surface area contributed by atoms with Gasteiger partial charge < -0.3 is 20.0 Å². The second kappa shape index (κ2) is 12.4. The van der Waals surface area contributed by atoms with Gasteiger partial charge in [-0.05, 0) is 68.8 Å². The van der Waals surface area contributed by atoms with Crippen molar-refractivity contribution in [2.75, 3.05) is 49.5 Å². The van der Waals surface area contributed by atoms with Crippen LogP contribution in [0.25, 0.3) is 0 Å². The van der Waals surface area contributed by atoms with E-state index in [1.807, 2.05) is 26.0 Å². The minimum atomic E-state index is -0.439. The van der Waals surface area contributed by atoms with E-state index in [1.54, 1.807) is 52.3 Å². The summed E-state index contributed by atoms with van der Waals surface area (Å²) >= 11 is 0. The van der Waals surface area contributed by atoms with Crippen LogP contribution in [0.5, 0.6) is 0 Å². The standard InChI is InChI=1S/C30H33FN4O3/c1-3-33(4-2)30(38)26-21-25(32-28(36)22-10-6-5-7-11-22)14-15-27(26)34-16-9-17-35(19-18-34)29(37)23-12-8-13-24(31)20-23/h5-8,10-15,20-21H,3-4,9,16-19H2,1-2H3,(H,32,36). The maximum absolute atomic E-state index is 13.7. The average molecular weight is 517 g/mol. The number of nitrogens with one attached hydrogen (secondary N) is 1. The van der Waals surface area contributed by atoms with Crippen molar-refractivity contribution in [1.82, 2.24) is 9.80 Å². The van der Waals surface area contributed by atoms with Gasteiger partial charge in [0.05, 0.1) is 5.56 Å². The molecule has 0 bridgehead atoms. The molecule has 3 amide bonds. The van der Waals surface area contributed by atoms with Gasteiger partial charge in [-0.15, -0.1) is 0 Å². The quantitative estimate of drug-likeness (QED) is 0.484. The first kappa shape index (κ1) is 26.9. The number of hydrogen-bond acceptors (Lipinski definition) is 4. The lowest BCUT2D eigenvalue weighted by atomic mass is 10.1. The molecule has 1 aliphatic heterocycles. The van der Waals surface area contributed by atoms with E-state index >= 15 is 0 Å². The lowest BCUT2D eigenvalue weighted by Gasteiger charge is -2.28. The van der Waals surface area contributed by atoms with Crippen molar-refractivity contribution < 1.29 is 18.8 Å². The van der Waals surface area contributed by atoms with Crippen molar-refractivity contribution in [3.63, 3.8) is 0 Å². The zero-order valence-electron chi connectivity index (χ0n) is 21.8. The Morgan fingerprint density at radius 1 is 0.842 bits per heavy atom. The molecule has 1 saturated heterocycles. The summed E-state index contributed by atoms with van der Waals surface area (Å²) in [4.78, 5) is 44.9. The molecule has 0 radical (unpaired) electrons. The van der Waals surface area contributed by atoms with Crippen LogP contribution in [0.1, 0.15) is 51.3 Å². The molecular formula is C30H33FN4O3. The number of halogens is 1. The van der Waals surface area contributed by atoms with Gasteiger partial charge in [0.25, 0.3) is 17.7 Å². The summed E-state index contributed by atoms with van der Waals surface area (Å²) in [7, 11) is 0. The fraction of sp³-hybridized carbons (Fsp3) is 0.300. The van der Waals surface area contributed by atoms with E-state index in [-0.39, 0.29) is 17.7 Å². The SMILES string of the molecule is CCN(CC)C(=O)c1cc(NC(=O)c2ccccc2)ccc1N1CCCN(C(=O)c2cccc(F)c2)CC1. The van der Waals surface area contributed by atoms with Crippen LogP contribution in [0.4, 0.5) is 15.8 Å². The predicted molar refractivity (Wildman–Crippen MR) is 147 cm³/mol. The van der Waals surface area contributed by atoms with Gasteiger partial charge in [-0.1, -0.05) is 24.3 Å². The number of anilines is 2. The molecule has 0 aliphatic carbocycles. The van der Waals surface area contributed by atoms with Gasteiger partial charge in [-0.25, -0.2) is 4.39 Å². The minimum absolute atomic E-state index is 0.113. The molecule has 0 aromatic heterocycles. The number of rotatable bonds is 7. The van der Waals surface area contributed by atoms with Crippen molar-refractivity contribution >= 4 is 29.1 Å². The van der Waals surface area contributed by atoms with Crippen LogP contribution < -0.4 is 10.2 Å². The Hall–Kier alpha value is -4.20. The molecule has 0 atom stereocenters. The first-order chi connectivity index (χ1) is 18.4. The summed E-state index contributed by atoms with van der Waals surface area (Å²) in [6.07, 6.45) is 0.701. The van der Waals surface area contributed by atoms with E-state index in [1.165, 1.54) is 18.2 Å². The highest BCUT2D eigenvalue weighted by atomic mass is 19.1. The molecule has 38 heavy (non-hydrogen) atoms. The highest BCUT2D eigenvalue weighted by Crippen LogP contribution is 2.28.